The molecule has 2 aliphatic rings. The van der Waals surface area contributed by atoms with E-state index in [0.717, 1.165) is 31.7 Å². The second-order valence-electron chi connectivity index (χ2n) is 8.38. The van der Waals surface area contributed by atoms with Gasteiger partial charge in [0.2, 0.25) is 0 Å². The first-order valence-corrected chi connectivity index (χ1v) is 9.92. The zero-order chi connectivity index (χ0) is 20.3. The highest BCUT2D eigenvalue weighted by molar-refractivity contribution is 5.96. The highest BCUT2D eigenvalue weighted by Gasteiger charge is 2.28. The number of nitrogens with two attached hydrogens (primary N) is 1. The molecule has 2 amide bonds. The fraction of sp³-hybridized carbons (Fsp3) is 0.650. The molecule has 8 nitrogen and oxygen atoms in total. The van der Waals surface area contributed by atoms with E-state index in [1.807, 2.05) is 20.8 Å². The number of amides is 2. The Bertz CT molecular complexity index is 717. The molecule has 0 spiro atoms. The molecule has 1 aromatic rings. The van der Waals surface area contributed by atoms with Gasteiger partial charge in [0.25, 0.3) is 5.91 Å². The van der Waals surface area contributed by atoms with Gasteiger partial charge in [-0.1, -0.05) is 0 Å². The Morgan fingerprint density at radius 3 is 2.36 bits per heavy atom. The summed E-state index contributed by atoms with van der Waals surface area (Å²) in [5.74, 6) is 0.647. The maximum Gasteiger partial charge on any atom is 0.410 e. The molecule has 0 bridgehead atoms. The second kappa shape index (κ2) is 8.24. The molecule has 8 heteroatoms. The Kier molecular flexibility index (Phi) is 5.96. The number of ether oxygens (including phenoxy) is 2. The van der Waals surface area contributed by atoms with Crippen molar-refractivity contribution in [3.05, 3.63) is 17.8 Å². The molecule has 2 aliphatic heterocycles. The van der Waals surface area contributed by atoms with Crippen molar-refractivity contribution in [3.8, 4) is 5.75 Å². The number of likely N-dealkylation sites (tertiary alicyclic amines) is 1. The first-order valence-electron chi connectivity index (χ1n) is 9.92. The fourth-order valence-electron chi connectivity index (χ4n) is 3.50. The largest absolute Gasteiger partial charge is 0.488 e. The van der Waals surface area contributed by atoms with Gasteiger partial charge in [-0.15, -0.1) is 0 Å². The van der Waals surface area contributed by atoms with Crippen LogP contribution in [0, 0.1) is 0 Å². The molecule has 28 heavy (non-hydrogen) atoms. The zero-order valence-electron chi connectivity index (χ0n) is 16.9. The predicted octanol–water partition coefficient (Wildman–Crippen LogP) is 2.56. The molecule has 2 N–H and O–H groups in total. The topological polar surface area (TPSA) is 98.0 Å². The third-order valence-electron chi connectivity index (χ3n) is 4.94. The quantitative estimate of drug-likeness (QED) is 0.848. The first kappa shape index (κ1) is 20.2. The summed E-state index contributed by atoms with van der Waals surface area (Å²) >= 11 is 0. The van der Waals surface area contributed by atoms with Gasteiger partial charge in [0.15, 0.2) is 5.75 Å². The summed E-state index contributed by atoms with van der Waals surface area (Å²) in [7, 11) is 0. The number of piperidine rings is 1. The Morgan fingerprint density at radius 1 is 1.14 bits per heavy atom. The molecule has 3 rings (SSSR count). The predicted molar refractivity (Wildman–Crippen MR) is 106 cm³/mol. The van der Waals surface area contributed by atoms with Crippen LogP contribution in [0.25, 0.3) is 0 Å². The standard InChI is InChI=1S/C20H30N4O4/c1-20(2,3)28-19(26)24-10-6-14(7-11-24)27-16-13-22-17(12-15(16)18(21)25)23-8-4-5-9-23/h12-14H,4-11H2,1-3H3,(H2,21,25). The number of pyridine rings is 1. The van der Waals surface area contributed by atoms with Gasteiger partial charge in [-0.2, -0.15) is 0 Å². The van der Waals surface area contributed by atoms with Crippen LogP contribution in [-0.2, 0) is 4.74 Å². The number of hydrogen-bond donors (Lipinski definition) is 1. The highest BCUT2D eigenvalue weighted by atomic mass is 16.6. The van der Waals surface area contributed by atoms with Crippen LogP contribution in [0.3, 0.4) is 0 Å². The molecule has 0 saturated carbocycles. The lowest BCUT2D eigenvalue weighted by molar-refractivity contribution is 0.0126. The summed E-state index contributed by atoms with van der Waals surface area (Å²) in [5, 5.41) is 0. The Labute approximate surface area is 166 Å². The van der Waals surface area contributed by atoms with Crippen molar-refractivity contribution in [2.24, 2.45) is 5.73 Å². The van der Waals surface area contributed by atoms with Crippen molar-refractivity contribution >= 4 is 17.8 Å². The van der Waals surface area contributed by atoms with Crippen molar-refractivity contribution in [1.29, 1.82) is 0 Å². The molecule has 0 radical (unpaired) electrons. The minimum Gasteiger partial charge on any atom is -0.488 e. The molecule has 2 saturated heterocycles. The Morgan fingerprint density at radius 2 is 1.79 bits per heavy atom. The van der Waals surface area contributed by atoms with E-state index in [-0.39, 0.29) is 12.2 Å². The smallest absolute Gasteiger partial charge is 0.410 e. The van der Waals surface area contributed by atoms with Crippen LogP contribution in [0.15, 0.2) is 12.3 Å². The van der Waals surface area contributed by atoms with Crippen molar-refractivity contribution in [2.75, 3.05) is 31.1 Å². The normalized spacial score (nSPS) is 18.2. The van der Waals surface area contributed by atoms with E-state index in [2.05, 4.69) is 9.88 Å². The van der Waals surface area contributed by atoms with E-state index < -0.39 is 11.5 Å². The number of primary amides is 1. The highest BCUT2D eigenvalue weighted by Crippen LogP contribution is 2.27. The monoisotopic (exact) mass is 390 g/mol. The summed E-state index contributed by atoms with van der Waals surface area (Å²) in [6.07, 6.45) is 4.76. The van der Waals surface area contributed by atoms with E-state index in [4.69, 9.17) is 15.2 Å². The summed E-state index contributed by atoms with van der Waals surface area (Å²) in [6.45, 7) is 8.53. The van der Waals surface area contributed by atoms with Gasteiger partial charge in [-0.3, -0.25) is 4.79 Å². The number of carbonyl (C=O) groups excluding carboxylic acids is 2. The lowest BCUT2D eigenvalue weighted by Gasteiger charge is -2.33. The van der Waals surface area contributed by atoms with Crippen molar-refractivity contribution in [1.82, 2.24) is 9.88 Å². The van der Waals surface area contributed by atoms with E-state index in [0.29, 0.717) is 37.2 Å². The average molecular weight is 390 g/mol. The summed E-state index contributed by atoms with van der Waals surface area (Å²) in [6, 6.07) is 1.72. The van der Waals surface area contributed by atoms with E-state index in [9.17, 15) is 9.59 Å². The zero-order valence-corrected chi connectivity index (χ0v) is 16.9. The Hall–Kier alpha value is -2.51. The number of nitrogens with zero attached hydrogens (tertiary/aromatic N) is 3. The lowest BCUT2D eigenvalue weighted by Crippen LogP contribution is -2.44. The Balaban J connectivity index is 1.61. The van der Waals surface area contributed by atoms with Gasteiger partial charge in [0.05, 0.1) is 11.8 Å². The molecule has 154 valence electrons. The van der Waals surface area contributed by atoms with Crippen LogP contribution in [-0.4, -0.2) is 59.8 Å². The van der Waals surface area contributed by atoms with Crippen LogP contribution >= 0.6 is 0 Å². The van der Waals surface area contributed by atoms with Gasteiger partial charge >= 0.3 is 6.09 Å². The minimum atomic E-state index is -0.524. The molecular weight excluding hydrogens is 360 g/mol. The molecule has 0 aromatic carbocycles. The molecular formula is C20H30N4O4. The van der Waals surface area contributed by atoms with E-state index in [1.165, 1.54) is 0 Å². The lowest BCUT2D eigenvalue weighted by atomic mass is 10.1. The summed E-state index contributed by atoms with van der Waals surface area (Å²) < 4.78 is 11.4. The minimum absolute atomic E-state index is 0.101. The molecule has 0 atom stereocenters. The SMILES string of the molecule is CC(C)(C)OC(=O)N1CCC(Oc2cnc(N3CCCC3)cc2C(N)=O)CC1. The number of anilines is 1. The summed E-state index contributed by atoms with van der Waals surface area (Å²) in [5.41, 5.74) is 5.42. The van der Waals surface area contributed by atoms with Gasteiger partial charge in [0, 0.05) is 39.0 Å². The maximum absolute atomic E-state index is 12.2. The van der Waals surface area contributed by atoms with Crippen LogP contribution in [0.5, 0.6) is 5.75 Å². The van der Waals surface area contributed by atoms with Crippen LogP contribution < -0.4 is 15.4 Å². The second-order valence-corrected chi connectivity index (χ2v) is 8.38. The fourth-order valence-corrected chi connectivity index (χ4v) is 3.50. The number of rotatable bonds is 4. The van der Waals surface area contributed by atoms with Crippen molar-refractivity contribution < 1.29 is 19.1 Å². The first-order chi connectivity index (χ1) is 13.2. The third kappa shape index (κ3) is 5.05. The molecule has 0 unspecified atom stereocenters. The van der Waals surface area contributed by atoms with E-state index >= 15 is 0 Å². The average Bonchev–Trinajstić information content (AvgIpc) is 3.15. The van der Waals surface area contributed by atoms with Crippen LogP contribution in [0.1, 0.15) is 56.8 Å². The van der Waals surface area contributed by atoms with Gasteiger partial charge in [0.1, 0.15) is 17.5 Å². The van der Waals surface area contributed by atoms with Gasteiger partial charge in [-0.05, 0) is 39.7 Å². The van der Waals surface area contributed by atoms with Crippen molar-refractivity contribution in [2.45, 2.75) is 58.2 Å². The van der Waals surface area contributed by atoms with Crippen LogP contribution in [0.4, 0.5) is 10.6 Å². The summed E-state index contributed by atoms with van der Waals surface area (Å²) in [4.78, 5) is 32.4. The number of hydrogen-bond acceptors (Lipinski definition) is 6. The molecule has 0 aliphatic carbocycles. The molecule has 1 aromatic heterocycles. The van der Waals surface area contributed by atoms with Crippen LogP contribution in [0.2, 0.25) is 0 Å². The van der Waals surface area contributed by atoms with Gasteiger partial charge < -0.3 is 25.0 Å². The third-order valence-corrected chi connectivity index (χ3v) is 4.94. The maximum atomic E-state index is 12.2. The molecule has 2 fully saturated rings. The van der Waals surface area contributed by atoms with Gasteiger partial charge in [-0.25, -0.2) is 9.78 Å². The number of aromatic nitrogens is 1. The van der Waals surface area contributed by atoms with Crippen molar-refractivity contribution in [3.63, 3.8) is 0 Å². The number of carbonyl (C=O) groups is 2. The molecule has 3 heterocycles. The van der Waals surface area contributed by atoms with E-state index in [1.54, 1.807) is 17.2 Å².